The van der Waals surface area contributed by atoms with Gasteiger partial charge in [0.05, 0.1) is 0 Å². The second kappa shape index (κ2) is 41.6. The van der Waals surface area contributed by atoms with Crippen molar-refractivity contribution >= 4 is 17.8 Å². The highest BCUT2D eigenvalue weighted by atomic mass is 16.5. The van der Waals surface area contributed by atoms with Crippen LogP contribution in [0.2, 0.25) is 0 Å². The quantitative estimate of drug-likeness (QED) is 0.0383. The molecule has 0 aliphatic rings. The van der Waals surface area contributed by atoms with Crippen LogP contribution >= 0.6 is 0 Å². The number of ether oxygens (including phenoxy) is 1. The fourth-order valence-corrected chi connectivity index (χ4v) is 5.13. The Balaban J connectivity index is 4.38. The Morgan fingerprint density at radius 1 is 0.500 bits per heavy atom. The molecule has 0 aliphatic heterocycles. The molecule has 0 fully saturated rings. The van der Waals surface area contributed by atoms with Crippen LogP contribution in [0.4, 0.5) is 0 Å². The van der Waals surface area contributed by atoms with E-state index in [0.29, 0.717) is 12.8 Å². The molecule has 1 unspecified atom stereocenters. The van der Waals surface area contributed by atoms with E-state index in [1.54, 1.807) is 0 Å². The number of carbonyl (C=O) groups excluding carboxylic acids is 2. The van der Waals surface area contributed by atoms with Crippen molar-refractivity contribution in [3.05, 3.63) is 122 Å². The van der Waals surface area contributed by atoms with Gasteiger partial charge in [-0.05, 0) is 109 Å². The van der Waals surface area contributed by atoms with Gasteiger partial charge in [-0.1, -0.05) is 149 Å². The third kappa shape index (κ3) is 40.6. The minimum absolute atomic E-state index is 0.141. The summed E-state index contributed by atoms with van der Waals surface area (Å²) in [6.45, 7) is 3.96. The van der Waals surface area contributed by atoms with Gasteiger partial charge in [-0.15, -0.1) is 0 Å². The molecule has 1 atom stereocenters. The number of hydrogen-bond acceptors (Lipinski definition) is 4. The lowest BCUT2D eigenvalue weighted by molar-refractivity contribution is -0.147. The van der Waals surface area contributed by atoms with Crippen LogP contribution in [0.1, 0.15) is 149 Å². The summed E-state index contributed by atoms with van der Waals surface area (Å²) in [5, 5.41) is 11.1. The average Bonchev–Trinajstić information content (AvgIpc) is 3.16. The van der Waals surface area contributed by atoms with Crippen LogP contribution < -0.4 is 5.32 Å². The smallest absolute Gasteiger partial charge is 0.322 e. The molecule has 6 nitrogen and oxygen atoms in total. The molecule has 0 heterocycles. The number of rotatable bonds is 35. The Kier molecular flexibility index (Phi) is 38.3. The predicted molar refractivity (Wildman–Crippen MR) is 230 cm³/mol. The molecule has 0 saturated heterocycles. The van der Waals surface area contributed by atoms with Crippen molar-refractivity contribution in [2.24, 2.45) is 0 Å². The summed E-state index contributed by atoms with van der Waals surface area (Å²) in [5.74, 6) is -1.40. The molecule has 0 radical (unpaired) electrons. The highest BCUT2D eigenvalue weighted by molar-refractivity contribution is 5.80. The zero-order valence-corrected chi connectivity index (χ0v) is 33.8. The molecule has 2 N–H and O–H groups in total. The molecule has 54 heavy (non-hydrogen) atoms. The number of hydrogen-bond donors (Lipinski definition) is 2. The second-order valence-electron chi connectivity index (χ2n) is 13.1. The van der Waals surface area contributed by atoms with Gasteiger partial charge in [0, 0.05) is 12.8 Å². The standard InChI is InChI=1S/C48H73NO5/c1-3-5-7-9-11-13-15-16-17-18-19-20-21-22-23-24-26-28-30-35-39-43-48(53)54-45(40-36-32-29-27-25-14-12-10-8-6-4-2)41-37-33-31-34-38-42-46(50)49-44-47(51)52/h5-8,11-14,16-17,19-20,22-23,26-29,36,40,45H,3-4,9-10,15,18,21,24-25,30-35,37-39,41-44H2,1-2H3,(H,49,50)(H,51,52)/b7-5-,8-6-,13-11-,14-12-,17-16-,20-19-,23-22-,28-26-,29-27-,40-36-. The molecule has 0 spiro atoms. The number of unbranched alkanes of at least 4 members (excludes halogenated alkanes) is 6. The van der Waals surface area contributed by atoms with Gasteiger partial charge in [-0.25, -0.2) is 0 Å². The van der Waals surface area contributed by atoms with Crippen LogP contribution in [-0.4, -0.2) is 35.6 Å². The number of carbonyl (C=O) groups is 3. The van der Waals surface area contributed by atoms with Crippen molar-refractivity contribution in [3.8, 4) is 0 Å². The Bertz CT molecular complexity index is 1230. The normalized spacial score (nSPS) is 13.4. The first-order valence-electron chi connectivity index (χ1n) is 20.7. The minimum atomic E-state index is -1.03. The summed E-state index contributed by atoms with van der Waals surface area (Å²) in [6.07, 6.45) is 61.9. The average molecular weight is 744 g/mol. The van der Waals surface area contributed by atoms with Crippen molar-refractivity contribution in [1.82, 2.24) is 5.32 Å². The van der Waals surface area contributed by atoms with Gasteiger partial charge in [-0.2, -0.15) is 0 Å². The Morgan fingerprint density at radius 3 is 1.39 bits per heavy atom. The van der Waals surface area contributed by atoms with Crippen molar-refractivity contribution < 1.29 is 24.2 Å². The van der Waals surface area contributed by atoms with Crippen molar-refractivity contribution in [3.63, 3.8) is 0 Å². The van der Waals surface area contributed by atoms with Gasteiger partial charge in [0.2, 0.25) is 5.91 Å². The molecule has 0 aliphatic carbocycles. The number of esters is 1. The first-order chi connectivity index (χ1) is 26.5. The van der Waals surface area contributed by atoms with Gasteiger partial charge in [-0.3, -0.25) is 14.4 Å². The monoisotopic (exact) mass is 744 g/mol. The first kappa shape index (κ1) is 49.8. The van der Waals surface area contributed by atoms with Crippen molar-refractivity contribution in [2.75, 3.05) is 6.54 Å². The van der Waals surface area contributed by atoms with Crippen LogP contribution in [0, 0.1) is 0 Å². The van der Waals surface area contributed by atoms with Crippen molar-refractivity contribution in [2.45, 2.75) is 155 Å². The predicted octanol–water partition coefficient (Wildman–Crippen LogP) is 12.9. The van der Waals surface area contributed by atoms with E-state index < -0.39 is 5.97 Å². The number of carboxylic acids is 1. The number of nitrogens with one attached hydrogen (secondary N) is 1. The fraction of sp³-hybridized carbons (Fsp3) is 0.521. The maximum absolute atomic E-state index is 12.7. The molecule has 0 saturated carbocycles. The SMILES string of the molecule is CC/C=C\C/C=C\C/C=C\C/C=C\C/C=C\C/C=C\CCCCC(=O)OC(/C=C\C/C=C\C/C=C\C/C=C\CC)CCCCCCCC(=O)NCC(=O)O. The van der Waals surface area contributed by atoms with Gasteiger partial charge >= 0.3 is 11.9 Å². The Hall–Kier alpha value is -4.19. The van der Waals surface area contributed by atoms with E-state index in [1.807, 2.05) is 6.08 Å². The minimum Gasteiger partial charge on any atom is -0.480 e. The van der Waals surface area contributed by atoms with Gasteiger partial charge in [0.1, 0.15) is 12.6 Å². The van der Waals surface area contributed by atoms with Crippen molar-refractivity contribution in [1.29, 1.82) is 0 Å². The van der Waals surface area contributed by atoms with Crippen LogP contribution in [0.3, 0.4) is 0 Å². The molecule has 0 aromatic rings. The summed E-state index contributed by atoms with van der Waals surface area (Å²) in [4.78, 5) is 34.9. The molecule has 0 rings (SSSR count). The van der Waals surface area contributed by atoms with E-state index in [1.165, 1.54) is 0 Å². The summed E-state index contributed by atoms with van der Waals surface area (Å²) in [5.41, 5.74) is 0. The van der Waals surface area contributed by atoms with E-state index in [2.05, 4.69) is 135 Å². The van der Waals surface area contributed by atoms with E-state index in [4.69, 9.17) is 9.84 Å². The molecule has 0 aromatic carbocycles. The lowest BCUT2D eigenvalue weighted by atomic mass is 10.1. The fourth-order valence-electron chi connectivity index (χ4n) is 5.13. The van der Waals surface area contributed by atoms with Gasteiger partial charge in [0.25, 0.3) is 0 Å². The Labute approximate surface area is 329 Å². The largest absolute Gasteiger partial charge is 0.480 e. The number of carboxylic acid groups (broad SMARTS) is 1. The van der Waals surface area contributed by atoms with Gasteiger partial charge < -0.3 is 15.2 Å². The highest BCUT2D eigenvalue weighted by Crippen LogP contribution is 2.14. The van der Waals surface area contributed by atoms with Crippen LogP contribution in [0.5, 0.6) is 0 Å². The maximum atomic E-state index is 12.7. The first-order valence-corrected chi connectivity index (χ1v) is 20.7. The van der Waals surface area contributed by atoms with E-state index in [0.717, 1.165) is 122 Å². The van der Waals surface area contributed by atoms with Gasteiger partial charge in [0.15, 0.2) is 0 Å². The second-order valence-corrected chi connectivity index (χ2v) is 13.1. The third-order valence-electron chi connectivity index (χ3n) is 8.11. The lowest BCUT2D eigenvalue weighted by Gasteiger charge is -2.14. The molecule has 0 bridgehead atoms. The molecular weight excluding hydrogens is 671 g/mol. The number of allylic oxidation sites excluding steroid dienone is 19. The summed E-state index contributed by atoms with van der Waals surface area (Å²) in [7, 11) is 0. The van der Waals surface area contributed by atoms with Crippen LogP contribution in [0.15, 0.2) is 122 Å². The number of aliphatic carboxylic acids is 1. The van der Waals surface area contributed by atoms with E-state index in [9.17, 15) is 14.4 Å². The maximum Gasteiger partial charge on any atom is 0.322 e. The summed E-state index contributed by atoms with van der Waals surface area (Å²) in [6, 6.07) is 0. The molecule has 1 amide bonds. The van der Waals surface area contributed by atoms with Crippen LogP contribution in [-0.2, 0) is 19.1 Å². The van der Waals surface area contributed by atoms with E-state index in [-0.39, 0.29) is 24.5 Å². The summed E-state index contributed by atoms with van der Waals surface area (Å²) < 4.78 is 5.88. The van der Waals surface area contributed by atoms with Crippen LogP contribution in [0.25, 0.3) is 0 Å². The molecule has 0 aromatic heterocycles. The summed E-state index contributed by atoms with van der Waals surface area (Å²) >= 11 is 0. The van der Waals surface area contributed by atoms with E-state index >= 15 is 0 Å². The highest BCUT2D eigenvalue weighted by Gasteiger charge is 2.11. The third-order valence-corrected chi connectivity index (χ3v) is 8.11. The zero-order valence-electron chi connectivity index (χ0n) is 33.8. The topological polar surface area (TPSA) is 92.7 Å². The molecule has 6 heteroatoms. The zero-order chi connectivity index (χ0) is 39.4. The molecular formula is C48H73NO5. The molecule has 300 valence electrons. The lowest BCUT2D eigenvalue weighted by Crippen LogP contribution is -2.28. The Morgan fingerprint density at radius 2 is 0.907 bits per heavy atom. The number of amides is 1.